The SMILES string of the molecule is CC(=O)N[C@@H](CC(=O)Nc1cc(C)[nH]n1)c1ccc(F)cc1F. The number of benzene rings is 1. The quantitative estimate of drug-likeness (QED) is 0.789. The molecule has 0 saturated heterocycles. The Morgan fingerprint density at radius 3 is 2.61 bits per heavy atom. The molecule has 1 aromatic heterocycles. The van der Waals surface area contributed by atoms with Crippen molar-refractivity contribution >= 4 is 17.6 Å². The summed E-state index contributed by atoms with van der Waals surface area (Å²) in [6, 6.07) is 3.70. The van der Waals surface area contributed by atoms with E-state index in [0.717, 1.165) is 11.8 Å². The van der Waals surface area contributed by atoms with Crippen LogP contribution in [0, 0.1) is 18.6 Å². The largest absolute Gasteiger partial charge is 0.349 e. The zero-order chi connectivity index (χ0) is 17.0. The van der Waals surface area contributed by atoms with Crippen LogP contribution >= 0.6 is 0 Å². The second kappa shape index (κ2) is 6.99. The summed E-state index contributed by atoms with van der Waals surface area (Å²) >= 11 is 0. The molecule has 0 bridgehead atoms. The Morgan fingerprint density at radius 1 is 1.30 bits per heavy atom. The smallest absolute Gasteiger partial charge is 0.227 e. The third-order valence-corrected chi connectivity index (χ3v) is 3.08. The van der Waals surface area contributed by atoms with Crippen LogP contribution in [0.5, 0.6) is 0 Å². The van der Waals surface area contributed by atoms with Gasteiger partial charge in [0.1, 0.15) is 11.6 Å². The molecule has 3 N–H and O–H groups in total. The molecule has 1 atom stereocenters. The summed E-state index contributed by atoms with van der Waals surface area (Å²) in [6.07, 6.45) is -0.214. The van der Waals surface area contributed by atoms with Crippen molar-refractivity contribution in [2.75, 3.05) is 5.32 Å². The van der Waals surface area contributed by atoms with E-state index in [1.54, 1.807) is 13.0 Å². The first-order chi connectivity index (χ1) is 10.8. The average molecular weight is 322 g/mol. The molecular formula is C15H16F2N4O2. The molecule has 2 amide bonds. The van der Waals surface area contributed by atoms with Crippen LogP contribution in [0.3, 0.4) is 0 Å². The molecule has 0 unspecified atom stereocenters. The number of nitrogens with zero attached hydrogens (tertiary/aromatic N) is 1. The molecule has 6 nitrogen and oxygen atoms in total. The molecule has 0 radical (unpaired) electrons. The number of amides is 2. The molecule has 0 aliphatic rings. The minimum absolute atomic E-state index is 0.0370. The van der Waals surface area contributed by atoms with Crippen LogP contribution in [0.1, 0.15) is 30.6 Å². The maximum absolute atomic E-state index is 13.9. The first-order valence-electron chi connectivity index (χ1n) is 6.89. The summed E-state index contributed by atoms with van der Waals surface area (Å²) in [6.45, 7) is 3.03. The van der Waals surface area contributed by atoms with E-state index in [0.29, 0.717) is 11.9 Å². The molecule has 0 aliphatic carbocycles. The highest BCUT2D eigenvalue weighted by Crippen LogP contribution is 2.22. The standard InChI is InChI=1S/C15H16F2N4O2/c1-8-5-14(21-20-8)19-15(23)7-13(18-9(2)22)11-4-3-10(16)6-12(11)17/h3-6,13H,7H2,1-2H3,(H,18,22)(H2,19,20,21,23)/t13-/m0/s1. The van der Waals surface area contributed by atoms with E-state index in [1.165, 1.54) is 13.0 Å². The van der Waals surface area contributed by atoms with E-state index >= 15 is 0 Å². The van der Waals surface area contributed by atoms with Crippen molar-refractivity contribution in [3.05, 3.63) is 47.2 Å². The Kier molecular flexibility index (Phi) is 5.05. The lowest BCUT2D eigenvalue weighted by Crippen LogP contribution is -2.30. The number of anilines is 1. The van der Waals surface area contributed by atoms with E-state index in [-0.39, 0.29) is 12.0 Å². The minimum Gasteiger partial charge on any atom is -0.349 e. The summed E-state index contributed by atoms with van der Waals surface area (Å²) in [5.41, 5.74) is 0.804. The molecule has 122 valence electrons. The lowest BCUT2D eigenvalue weighted by Gasteiger charge is -2.18. The maximum Gasteiger partial charge on any atom is 0.227 e. The molecule has 1 heterocycles. The summed E-state index contributed by atoms with van der Waals surface area (Å²) in [7, 11) is 0. The van der Waals surface area contributed by atoms with Gasteiger partial charge in [0.05, 0.1) is 12.5 Å². The normalized spacial score (nSPS) is 11.8. The third kappa shape index (κ3) is 4.60. The predicted molar refractivity (Wildman–Crippen MR) is 79.5 cm³/mol. The van der Waals surface area contributed by atoms with Crippen LogP contribution in [-0.4, -0.2) is 22.0 Å². The summed E-state index contributed by atoms with van der Waals surface area (Å²) in [5.74, 6) is -2.12. The molecule has 0 fully saturated rings. The van der Waals surface area contributed by atoms with Crippen LogP contribution < -0.4 is 10.6 Å². The minimum atomic E-state index is -0.909. The fraction of sp³-hybridized carbons (Fsp3) is 0.267. The highest BCUT2D eigenvalue weighted by atomic mass is 19.1. The lowest BCUT2D eigenvalue weighted by atomic mass is 10.0. The second-order valence-corrected chi connectivity index (χ2v) is 5.11. The van der Waals surface area contributed by atoms with E-state index in [2.05, 4.69) is 20.8 Å². The number of aryl methyl sites for hydroxylation is 1. The predicted octanol–water partition coefficient (Wildman–Crippen LogP) is 2.20. The number of halogens is 2. The van der Waals surface area contributed by atoms with Gasteiger partial charge in [-0.3, -0.25) is 14.7 Å². The van der Waals surface area contributed by atoms with Crippen molar-refractivity contribution in [1.29, 1.82) is 0 Å². The molecule has 0 aliphatic heterocycles. The number of aromatic nitrogens is 2. The van der Waals surface area contributed by atoms with Gasteiger partial charge in [-0.2, -0.15) is 5.10 Å². The van der Waals surface area contributed by atoms with Crippen molar-refractivity contribution in [2.45, 2.75) is 26.3 Å². The highest BCUT2D eigenvalue weighted by Gasteiger charge is 2.21. The maximum atomic E-state index is 13.9. The van der Waals surface area contributed by atoms with E-state index in [4.69, 9.17) is 0 Å². The van der Waals surface area contributed by atoms with Crippen LogP contribution in [-0.2, 0) is 9.59 Å². The van der Waals surface area contributed by atoms with E-state index < -0.39 is 29.5 Å². The Morgan fingerprint density at radius 2 is 2.04 bits per heavy atom. The van der Waals surface area contributed by atoms with Gasteiger partial charge < -0.3 is 10.6 Å². The van der Waals surface area contributed by atoms with Crippen LogP contribution in [0.2, 0.25) is 0 Å². The molecule has 1 aromatic carbocycles. The van der Waals surface area contributed by atoms with Gasteiger partial charge in [-0.1, -0.05) is 6.07 Å². The van der Waals surface area contributed by atoms with E-state index in [9.17, 15) is 18.4 Å². The molecule has 2 rings (SSSR count). The number of carbonyl (C=O) groups excluding carboxylic acids is 2. The molecule has 23 heavy (non-hydrogen) atoms. The molecule has 2 aromatic rings. The van der Waals surface area contributed by atoms with Gasteiger partial charge in [0.2, 0.25) is 11.8 Å². The highest BCUT2D eigenvalue weighted by molar-refractivity contribution is 5.90. The summed E-state index contributed by atoms with van der Waals surface area (Å²) in [4.78, 5) is 23.3. The molecular weight excluding hydrogens is 306 g/mol. The Bertz CT molecular complexity index is 730. The van der Waals surface area contributed by atoms with Crippen LogP contribution in [0.4, 0.5) is 14.6 Å². The van der Waals surface area contributed by atoms with Crippen LogP contribution in [0.15, 0.2) is 24.3 Å². The Balaban J connectivity index is 2.14. The van der Waals surface area contributed by atoms with Crippen molar-refractivity contribution in [3.63, 3.8) is 0 Å². The Hall–Kier alpha value is -2.77. The van der Waals surface area contributed by atoms with E-state index in [1.807, 2.05) is 0 Å². The zero-order valence-electron chi connectivity index (χ0n) is 12.6. The van der Waals surface area contributed by atoms with Crippen molar-refractivity contribution < 1.29 is 18.4 Å². The Labute approximate surface area is 131 Å². The number of hydrogen-bond donors (Lipinski definition) is 3. The number of nitrogens with one attached hydrogen (secondary N) is 3. The first-order valence-corrected chi connectivity index (χ1v) is 6.89. The van der Waals surface area contributed by atoms with Gasteiger partial charge >= 0.3 is 0 Å². The molecule has 0 spiro atoms. The van der Waals surface area contributed by atoms with Gasteiger partial charge in [0.15, 0.2) is 5.82 Å². The fourth-order valence-corrected chi connectivity index (χ4v) is 2.13. The van der Waals surface area contributed by atoms with Gasteiger partial charge in [0, 0.05) is 30.3 Å². The van der Waals surface area contributed by atoms with Crippen molar-refractivity contribution in [3.8, 4) is 0 Å². The molecule has 8 heteroatoms. The summed E-state index contributed by atoms with van der Waals surface area (Å²) < 4.78 is 26.9. The number of carbonyl (C=O) groups is 2. The first kappa shape index (κ1) is 16.6. The van der Waals surface area contributed by atoms with Gasteiger partial charge in [-0.15, -0.1) is 0 Å². The van der Waals surface area contributed by atoms with Crippen molar-refractivity contribution in [1.82, 2.24) is 15.5 Å². The average Bonchev–Trinajstić information content (AvgIpc) is 2.82. The number of hydrogen-bond acceptors (Lipinski definition) is 3. The van der Waals surface area contributed by atoms with Gasteiger partial charge in [-0.25, -0.2) is 8.78 Å². The van der Waals surface area contributed by atoms with Crippen molar-refractivity contribution in [2.24, 2.45) is 0 Å². The molecule has 0 saturated carbocycles. The van der Waals surface area contributed by atoms with Gasteiger partial charge in [0.25, 0.3) is 0 Å². The van der Waals surface area contributed by atoms with Gasteiger partial charge in [-0.05, 0) is 13.0 Å². The summed E-state index contributed by atoms with van der Waals surface area (Å²) in [5, 5.41) is 11.6. The number of H-pyrrole nitrogens is 1. The second-order valence-electron chi connectivity index (χ2n) is 5.11. The number of rotatable bonds is 5. The van der Waals surface area contributed by atoms with Crippen LogP contribution in [0.25, 0.3) is 0 Å². The number of aromatic amines is 1. The third-order valence-electron chi connectivity index (χ3n) is 3.08. The topological polar surface area (TPSA) is 86.9 Å². The monoisotopic (exact) mass is 322 g/mol. The lowest BCUT2D eigenvalue weighted by molar-refractivity contribution is -0.120. The fourth-order valence-electron chi connectivity index (χ4n) is 2.13. The zero-order valence-corrected chi connectivity index (χ0v) is 12.6.